The standard InChI is InChI=1S/C15H19N3OS/c1-3-14-16-15(20-17-14)18-9-13(19-10-11(18)2)12-7-5-4-6-8-12/h4-8,11,13H,3,9-10H2,1-2H3/t11-,13-/m0/s1. The molecule has 2 aromatic rings. The van der Waals surface area contributed by atoms with Crippen LogP contribution in [-0.4, -0.2) is 28.6 Å². The number of aryl methyl sites for hydroxylation is 1. The number of benzene rings is 1. The molecule has 106 valence electrons. The van der Waals surface area contributed by atoms with Gasteiger partial charge in [0.05, 0.1) is 19.2 Å². The van der Waals surface area contributed by atoms with Crippen LogP contribution in [0.4, 0.5) is 5.13 Å². The topological polar surface area (TPSA) is 38.2 Å². The molecule has 0 bridgehead atoms. The van der Waals surface area contributed by atoms with Gasteiger partial charge in [-0.15, -0.1) is 0 Å². The molecular formula is C15H19N3OS. The third-order valence-electron chi connectivity index (χ3n) is 3.62. The average Bonchev–Trinajstić information content (AvgIpc) is 2.97. The molecule has 5 heteroatoms. The lowest BCUT2D eigenvalue weighted by atomic mass is 10.1. The maximum atomic E-state index is 5.98. The van der Waals surface area contributed by atoms with E-state index in [1.165, 1.54) is 17.1 Å². The maximum absolute atomic E-state index is 5.98. The summed E-state index contributed by atoms with van der Waals surface area (Å²) in [5.74, 6) is 0.931. The molecule has 0 aliphatic carbocycles. The van der Waals surface area contributed by atoms with Gasteiger partial charge in [0.25, 0.3) is 0 Å². The molecule has 0 radical (unpaired) electrons. The van der Waals surface area contributed by atoms with E-state index in [9.17, 15) is 0 Å². The van der Waals surface area contributed by atoms with Crippen molar-refractivity contribution in [2.24, 2.45) is 0 Å². The van der Waals surface area contributed by atoms with Crippen molar-refractivity contribution in [2.75, 3.05) is 18.1 Å². The van der Waals surface area contributed by atoms with Crippen molar-refractivity contribution in [3.63, 3.8) is 0 Å². The molecule has 0 N–H and O–H groups in total. The Hall–Kier alpha value is -1.46. The molecule has 0 saturated carbocycles. The zero-order valence-corrected chi connectivity index (χ0v) is 12.6. The third-order valence-corrected chi connectivity index (χ3v) is 4.41. The fraction of sp³-hybridized carbons (Fsp3) is 0.467. The lowest BCUT2D eigenvalue weighted by Crippen LogP contribution is -2.45. The monoisotopic (exact) mass is 289 g/mol. The van der Waals surface area contributed by atoms with E-state index < -0.39 is 0 Å². The summed E-state index contributed by atoms with van der Waals surface area (Å²) in [6.07, 6.45) is 0.999. The number of rotatable bonds is 3. The van der Waals surface area contributed by atoms with Crippen molar-refractivity contribution in [3.05, 3.63) is 41.7 Å². The van der Waals surface area contributed by atoms with Crippen LogP contribution < -0.4 is 4.90 Å². The molecule has 4 nitrogen and oxygen atoms in total. The Morgan fingerprint density at radius 2 is 2.15 bits per heavy atom. The SMILES string of the molecule is CCc1nsc(N2C[C@@H](c3ccccc3)OC[C@@H]2C)n1. The van der Waals surface area contributed by atoms with Crippen LogP contribution in [0.1, 0.15) is 31.3 Å². The number of nitrogens with zero attached hydrogens (tertiary/aromatic N) is 3. The van der Waals surface area contributed by atoms with Crippen molar-refractivity contribution >= 4 is 16.7 Å². The second-order valence-electron chi connectivity index (χ2n) is 5.08. The van der Waals surface area contributed by atoms with Gasteiger partial charge in [-0.3, -0.25) is 0 Å². The molecule has 1 saturated heterocycles. The number of ether oxygens (including phenoxy) is 1. The minimum absolute atomic E-state index is 0.112. The van der Waals surface area contributed by atoms with E-state index >= 15 is 0 Å². The van der Waals surface area contributed by atoms with Crippen LogP contribution in [-0.2, 0) is 11.2 Å². The summed E-state index contributed by atoms with van der Waals surface area (Å²) >= 11 is 1.49. The predicted molar refractivity (Wildman–Crippen MR) is 81.2 cm³/mol. The van der Waals surface area contributed by atoms with Gasteiger partial charge in [0.2, 0.25) is 5.13 Å². The summed E-state index contributed by atoms with van der Waals surface area (Å²) in [5, 5.41) is 1.01. The normalized spacial score (nSPS) is 23.0. The van der Waals surface area contributed by atoms with E-state index in [1.807, 2.05) is 6.07 Å². The van der Waals surface area contributed by atoms with Gasteiger partial charge in [-0.2, -0.15) is 4.37 Å². The Balaban J connectivity index is 1.80. The summed E-state index contributed by atoms with van der Waals surface area (Å²) in [4.78, 5) is 6.93. The quantitative estimate of drug-likeness (QED) is 0.870. The van der Waals surface area contributed by atoms with E-state index in [-0.39, 0.29) is 6.10 Å². The first-order valence-corrected chi connectivity index (χ1v) is 7.81. The molecule has 2 atom stereocenters. The fourth-order valence-electron chi connectivity index (χ4n) is 2.40. The Morgan fingerprint density at radius 3 is 2.85 bits per heavy atom. The van der Waals surface area contributed by atoms with Crippen molar-refractivity contribution in [2.45, 2.75) is 32.4 Å². The summed E-state index contributed by atoms with van der Waals surface area (Å²) in [6.45, 7) is 5.82. The Morgan fingerprint density at radius 1 is 1.35 bits per heavy atom. The molecule has 2 heterocycles. The Kier molecular flexibility index (Phi) is 3.98. The molecular weight excluding hydrogens is 270 g/mol. The van der Waals surface area contributed by atoms with Crippen LogP contribution in [0.3, 0.4) is 0 Å². The number of anilines is 1. The molecule has 0 amide bonds. The van der Waals surface area contributed by atoms with Gasteiger partial charge < -0.3 is 9.64 Å². The molecule has 20 heavy (non-hydrogen) atoms. The second kappa shape index (κ2) is 5.89. The first-order chi connectivity index (χ1) is 9.78. The first kappa shape index (κ1) is 13.5. The molecule has 3 rings (SSSR count). The highest BCUT2D eigenvalue weighted by atomic mass is 32.1. The van der Waals surface area contributed by atoms with Crippen LogP contribution >= 0.6 is 11.5 Å². The van der Waals surface area contributed by atoms with Crippen LogP contribution in [0.15, 0.2) is 30.3 Å². The highest BCUT2D eigenvalue weighted by Gasteiger charge is 2.29. The average molecular weight is 289 g/mol. The maximum Gasteiger partial charge on any atom is 0.205 e. The van der Waals surface area contributed by atoms with Gasteiger partial charge in [0, 0.05) is 18.0 Å². The molecule has 1 fully saturated rings. The van der Waals surface area contributed by atoms with Crippen molar-refractivity contribution in [1.82, 2.24) is 9.36 Å². The van der Waals surface area contributed by atoms with Crippen molar-refractivity contribution < 1.29 is 4.74 Å². The summed E-state index contributed by atoms with van der Waals surface area (Å²) in [6, 6.07) is 10.7. The van der Waals surface area contributed by atoms with E-state index in [2.05, 4.69) is 52.4 Å². The fourth-order valence-corrected chi connectivity index (χ4v) is 3.26. The van der Waals surface area contributed by atoms with Crippen LogP contribution in [0.25, 0.3) is 0 Å². The molecule has 1 aromatic carbocycles. The van der Waals surface area contributed by atoms with Crippen LogP contribution in [0.2, 0.25) is 0 Å². The molecule has 0 spiro atoms. The minimum Gasteiger partial charge on any atom is -0.370 e. The van der Waals surface area contributed by atoms with Gasteiger partial charge in [0.1, 0.15) is 11.9 Å². The number of hydrogen-bond donors (Lipinski definition) is 0. The zero-order chi connectivity index (χ0) is 13.9. The van der Waals surface area contributed by atoms with E-state index in [1.54, 1.807) is 0 Å². The van der Waals surface area contributed by atoms with E-state index in [4.69, 9.17) is 4.74 Å². The molecule has 1 aliphatic rings. The minimum atomic E-state index is 0.112. The summed E-state index contributed by atoms with van der Waals surface area (Å²) in [7, 11) is 0. The van der Waals surface area contributed by atoms with Gasteiger partial charge in [0.15, 0.2) is 0 Å². The highest BCUT2D eigenvalue weighted by molar-refractivity contribution is 7.09. The van der Waals surface area contributed by atoms with E-state index in [0.29, 0.717) is 6.04 Å². The predicted octanol–water partition coefficient (Wildman–Crippen LogP) is 3.07. The highest BCUT2D eigenvalue weighted by Crippen LogP contribution is 2.29. The molecule has 1 aromatic heterocycles. The van der Waals surface area contributed by atoms with Gasteiger partial charge in [-0.05, 0) is 12.5 Å². The van der Waals surface area contributed by atoms with Crippen LogP contribution in [0.5, 0.6) is 0 Å². The van der Waals surface area contributed by atoms with Crippen molar-refractivity contribution in [1.29, 1.82) is 0 Å². The lowest BCUT2D eigenvalue weighted by Gasteiger charge is -2.37. The van der Waals surface area contributed by atoms with Gasteiger partial charge in [-0.1, -0.05) is 37.3 Å². The largest absolute Gasteiger partial charge is 0.370 e. The van der Waals surface area contributed by atoms with Gasteiger partial charge >= 0.3 is 0 Å². The van der Waals surface area contributed by atoms with E-state index in [0.717, 1.165) is 30.5 Å². The summed E-state index contributed by atoms with van der Waals surface area (Å²) < 4.78 is 10.4. The van der Waals surface area contributed by atoms with Gasteiger partial charge in [-0.25, -0.2) is 4.98 Å². The number of morpholine rings is 1. The Bertz CT molecular complexity index is 557. The summed E-state index contributed by atoms with van der Waals surface area (Å²) in [5.41, 5.74) is 1.23. The molecule has 0 unspecified atom stereocenters. The van der Waals surface area contributed by atoms with Crippen molar-refractivity contribution in [3.8, 4) is 0 Å². The van der Waals surface area contributed by atoms with Crippen LogP contribution in [0, 0.1) is 0 Å². The third kappa shape index (κ3) is 2.69. The lowest BCUT2D eigenvalue weighted by molar-refractivity contribution is 0.0215. The smallest absolute Gasteiger partial charge is 0.205 e. The molecule has 1 aliphatic heterocycles. The zero-order valence-electron chi connectivity index (χ0n) is 11.8. The Labute approximate surface area is 123 Å². The number of aromatic nitrogens is 2. The second-order valence-corrected chi connectivity index (χ2v) is 5.81. The first-order valence-electron chi connectivity index (χ1n) is 7.03. The number of hydrogen-bond acceptors (Lipinski definition) is 5.